The van der Waals surface area contributed by atoms with Crippen LogP contribution in [0.5, 0.6) is 0 Å². The van der Waals surface area contributed by atoms with E-state index in [2.05, 4.69) is 16.7 Å². The summed E-state index contributed by atoms with van der Waals surface area (Å²) < 4.78 is 0. The van der Waals surface area contributed by atoms with Gasteiger partial charge in [0.15, 0.2) is 0 Å². The van der Waals surface area contributed by atoms with Gasteiger partial charge in [-0.2, -0.15) is 0 Å². The number of rotatable bonds is 11. The summed E-state index contributed by atoms with van der Waals surface area (Å²) in [4.78, 5) is 5.12. The van der Waals surface area contributed by atoms with E-state index in [0.717, 1.165) is 13.1 Å². The average molecular weight is 269 g/mol. The molecular formula is C16H35N3. The summed E-state index contributed by atoms with van der Waals surface area (Å²) in [7, 11) is 0. The van der Waals surface area contributed by atoms with Crippen LogP contribution in [0.15, 0.2) is 0 Å². The molecule has 3 heteroatoms. The Morgan fingerprint density at radius 3 is 1.68 bits per heavy atom. The molecule has 1 fully saturated rings. The van der Waals surface area contributed by atoms with Gasteiger partial charge in [-0.3, -0.25) is 4.90 Å². The lowest BCUT2D eigenvalue weighted by Gasteiger charge is -2.34. The molecule has 0 radical (unpaired) electrons. The fraction of sp³-hybridized carbons (Fsp3) is 1.00. The molecule has 0 bridgehead atoms. The molecular weight excluding hydrogens is 234 g/mol. The lowest BCUT2D eigenvalue weighted by Crippen LogP contribution is -2.47. The quantitative estimate of drug-likeness (QED) is 0.585. The van der Waals surface area contributed by atoms with Crippen molar-refractivity contribution in [3.63, 3.8) is 0 Å². The molecule has 3 nitrogen and oxygen atoms in total. The van der Waals surface area contributed by atoms with Gasteiger partial charge < -0.3 is 10.6 Å². The minimum absolute atomic E-state index is 0.804. The molecule has 2 N–H and O–H groups in total. The first kappa shape index (κ1) is 16.9. The Bertz CT molecular complexity index is 188. The number of nitrogens with two attached hydrogens (primary N) is 1. The van der Waals surface area contributed by atoms with E-state index in [1.807, 2.05) is 0 Å². The van der Waals surface area contributed by atoms with E-state index in [4.69, 9.17) is 5.73 Å². The Morgan fingerprint density at radius 1 is 0.684 bits per heavy atom. The molecule has 0 aromatic heterocycles. The van der Waals surface area contributed by atoms with Gasteiger partial charge in [0.25, 0.3) is 0 Å². The van der Waals surface area contributed by atoms with Crippen LogP contribution in [0.4, 0.5) is 0 Å². The molecule has 0 amide bonds. The van der Waals surface area contributed by atoms with Crippen LogP contribution >= 0.6 is 0 Å². The average Bonchev–Trinajstić information content (AvgIpc) is 2.44. The Balaban J connectivity index is 1.85. The van der Waals surface area contributed by atoms with Crippen LogP contribution in [0.1, 0.15) is 58.3 Å². The van der Waals surface area contributed by atoms with Crippen LogP contribution in [0, 0.1) is 0 Å². The third kappa shape index (κ3) is 8.61. The molecule has 0 atom stereocenters. The SMILES string of the molecule is CCCCCCCCCCN1CCN(CCN)CC1. The number of hydrogen-bond acceptors (Lipinski definition) is 3. The maximum Gasteiger partial charge on any atom is 0.0110 e. The molecule has 0 aliphatic carbocycles. The lowest BCUT2D eigenvalue weighted by atomic mass is 10.1. The van der Waals surface area contributed by atoms with Crippen molar-refractivity contribution in [1.29, 1.82) is 0 Å². The highest BCUT2D eigenvalue weighted by atomic mass is 15.3. The first-order valence-electron chi connectivity index (χ1n) is 8.51. The van der Waals surface area contributed by atoms with Crippen LogP contribution in [-0.4, -0.2) is 55.6 Å². The normalized spacial score (nSPS) is 18.0. The van der Waals surface area contributed by atoms with Gasteiger partial charge in [-0.1, -0.05) is 51.9 Å². The third-order valence-electron chi connectivity index (χ3n) is 4.24. The molecule has 0 aromatic rings. The predicted octanol–water partition coefficient (Wildman–Crippen LogP) is 2.70. The van der Waals surface area contributed by atoms with Crippen molar-refractivity contribution >= 4 is 0 Å². The molecule has 114 valence electrons. The van der Waals surface area contributed by atoms with Gasteiger partial charge in [-0.25, -0.2) is 0 Å². The summed E-state index contributed by atoms with van der Waals surface area (Å²) in [6, 6.07) is 0. The Hall–Kier alpha value is -0.120. The molecule has 0 spiro atoms. The summed E-state index contributed by atoms with van der Waals surface area (Å²) in [5.41, 5.74) is 5.60. The van der Waals surface area contributed by atoms with E-state index in [0.29, 0.717) is 0 Å². The van der Waals surface area contributed by atoms with Crippen LogP contribution in [0.2, 0.25) is 0 Å². The first-order chi connectivity index (χ1) is 9.36. The molecule has 19 heavy (non-hydrogen) atoms. The van der Waals surface area contributed by atoms with E-state index in [1.165, 1.54) is 84.1 Å². The Kier molecular flexibility index (Phi) is 10.4. The smallest absolute Gasteiger partial charge is 0.0110 e. The van der Waals surface area contributed by atoms with Crippen LogP contribution in [0.25, 0.3) is 0 Å². The molecule has 1 saturated heterocycles. The summed E-state index contributed by atoms with van der Waals surface area (Å²) in [6.45, 7) is 10.4. The molecule has 0 saturated carbocycles. The number of unbranched alkanes of at least 4 members (excludes halogenated alkanes) is 7. The zero-order valence-corrected chi connectivity index (χ0v) is 13.1. The summed E-state index contributed by atoms with van der Waals surface area (Å²) >= 11 is 0. The molecule has 0 unspecified atom stereocenters. The van der Waals surface area contributed by atoms with E-state index in [9.17, 15) is 0 Å². The van der Waals surface area contributed by atoms with Crippen molar-refractivity contribution in [3.05, 3.63) is 0 Å². The third-order valence-corrected chi connectivity index (χ3v) is 4.24. The van der Waals surface area contributed by atoms with Crippen molar-refractivity contribution < 1.29 is 0 Å². The minimum atomic E-state index is 0.804. The summed E-state index contributed by atoms with van der Waals surface area (Å²) in [6.07, 6.45) is 11.4. The van der Waals surface area contributed by atoms with Gasteiger partial charge in [-0.15, -0.1) is 0 Å². The molecule has 1 heterocycles. The van der Waals surface area contributed by atoms with Crippen molar-refractivity contribution in [2.45, 2.75) is 58.3 Å². The highest BCUT2D eigenvalue weighted by molar-refractivity contribution is 4.71. The van der Waals surface area contributed by atoms with Crippen LogP contribution in [0.3, 0.4) is 0 Å². The topological polar surface area (TPSA) is 32.5 Å². The van der Waals surface area contributed by atoms with Gasteiger partial charge >= 0.3 is 0 Å². The maximum absolute atomic E-state index is 5.60. The van der Waals surface area contributed by atoms with Gasteiger partial charge in [0, 0.05) is 39.3 Å². The Morgan fingerprint density at radius 2 is 1.16 bits per heavy atom. The van der Waals surface area contributed by atoms with E-state index in [1.54, 1.807) is 0 Å². The summed E-state index contributed by atoms with van der Waals surface area (Å²) in [5.74, 6) is 0. The minimum Gasteiger partial charge on any atom is -0.329 e. The highest BCUT2D eigenvalue weighted by Crippen LogP contribution is 2.09. The standard InChI is InChI=1S/C16H35N3/c1-2-3-4-5-6-7-8-9-11-18-13-15-19(12-10-17)16-14-18/h2-17H2,1H3. The zero-order valence-electron chi connectivity index (χ0n) is 13.1. The zero-order chi connectivity index (χ0) is 13.8. The van der Waals surface area contributed by atoms with Gasteiger partial charge in [0.05, 0.1) is 0 Å². The number of hydrogen-bond donors (Lipinski definition) is 1. The van der Waals surface area contributed by atoms with Gasteiger partial charge in [0.2, 0.25) is 0 Å². The van der Waals surface area contributed by atoms with Crippen molar-refractivity contribution in [2.75, 3.05) is 45.8 Å². The fourth-order valence-electron chi connectivity index (χ4n) is 2.89. The van der Waals surface area contributed by atoms with E-state index < -0.39 is 0 Å². The second-order valence-electron chi connectivity index (χ2n) is 5.95. The number of piperazine rings is 1. The Labute approximate surface area is 120 Å². The lowest BCUT2D eigenvalue weighted by molar-refractivity contribution is 0.133. The van der Waals surface area contributed by atoms with Crippen molar-refractivity contribution in [1.82, 2.24) is 9.80 Å². The molecule has 0 aromatic carbocycles. The molecule has 1 aliphatic rings. The monoisotopic (exact) mass is 269 g/mol. The van der Waals surface area contributed by atoms with Gasteiger partial charge in [-0.05, 0) is 13.0 Å². The fourth-order valence-corrected chi connectivity index (χ4v) is 2.89. The highest BCUT2D eigenvalue weighted by Gasteiger charge is 2.15. The van der Waals surface area contributed by atoms with Crippen LogP contribution in [-0.2, 0) is 0 Å². The molecule has 1 aliphatic heterocycles. The van der Waals surface area contributed by atoms with Crippen molar-refractivity contribution in [3.8, 4) is 0 Å². The van der Waals surface area contributed by atoms with Crippen LogP contribution < -0.4 is 5.73 Å². The second kappa shape index (κ2) is 11.7. The maximum atomic E-state index is 5.60. The predicted molar refractivity (Wildman–Crippen MR) is 84.5 cm³/mol. The summed E-state index contributed by atoms with van der Waals surface area (Å²) in [5, 5.41) is 0. The van der Waals surface area contributed by atoms with Gasteiger partial charge in [0.1, 0.15) is 0 Å². The van der Waals surface area contributed by atoms with E-state index in [-0.39, 0.29) is 0 Å². The largest absolute Gasteiger partial charge is 0.329 e. The first-order valence-corrected chi connectivity index (χ1v) is 8.51. The van der Waals surface area contributed by atoms with Crippen molar-refractivity contribution in [2.24, 2.45) is 5.73 Å². The number of nitrogens with zero attached hydrogens (tertiary/aromatic N) is 2. The second-order valence-corrected chi connectivity index (χ2v) is 5.95. The van der Waals surface area contributed by atoms with E-state index >= 15 is 0 Å². The molecule has 1 rings (SSSR count).